The first-order valence-electron chi connectivity index (χ1n) is 16.1. The molecule has 1 N–H and O–H groups in total. The van der Waals surface area contributed by atoms with Crippen molar-refractivity contribution in [2.45, 2.75) is 149 Å². The second kappa shape index (κ2) is 30.9. The van der Waals surface area contributed by atoms with Crippen LogP contribution in [-0.2, 0) is 4.74 Å². The van der Waals surface area contributed by atoms with Crippen molar-refractivity contribution in [3.05, 3.63) is 24.3 Å². The molecule has 218 valence electrons. The highest BCUT2D eigenvalue weighted by Crippen LogP contribution is 2.12. The fourth-order valence-electron chi connectivity index (χ4n) is 4.52. The lowest BCUT2D eigenvalue weighted by molar-refractivity contribution is 0.0997. The lowest BCUT2D eigenvalue weighted by atomic mass is 10.1. The minimum Gasteiger partial charge on any atom is -0.449 e. The van der Waals surface area contributed by atoms with Gasteiger partial charge in [0.1, 0.15) is 0 Å². The largest absolute Gasteiger partial charge is 0.449 e. The minimum absolute atomic E-state index is 0.110. The van der Waals surface area contributed by atoms with E-state index in [2.05, 4.69) is 43.5 Å². The zero-order valence-corrected chi connectivity index (χ0v) is 25.3. The van der Waals surface area contributed by atoms with Crippen molar-refractivity contribution in [3.63, 3.8) is 0 Å². The summed E-state index contributed by atoms with van der Waals surface area (Å²) in [6.07, 6.45) is 35.4. The van der Waals surface area contributed by atoms with Crippen molar-refractivity contribution < 1.29 is 9.53 Å². The average Bonchev–Trinajstić information content (AvgIpc) is 2.91. The maximum absolute atomic E-state index is 12.6. The molecule has 0 radical (unpaired) electrons. The summed E-state index contributed by atoms with van der Waals surface area (Å²) < 4.78 is 5.54. The number of amides is 1. The second-order valence-electron chi connectivity index (χ2n) is 10.6. The lowest BCUT2D eigenvalue weighted by Gasteiger charge is -2.22. The van der Waals surface area contributed by atoms with Crippen LogP contribution >= 0.6 is 0 Å². The highest BCUT2D eigenvalue weighted by Gasteiger charge is 2.14. The molecule has 0 aliphatic heterocycles. The van der Waals surface area contributed by atoms with E-state index in [4.69, 9.17) is 4.74 Å². The average molecular weight is 521 g/mol. The highest BCUT2D eigenvalue weighted by atomic mass is 16.6. The zero-order chi connectivity index (χ0) is 27.1. The van der Waals surface area contributed by atoms with Gasteiger partial charge >= 0.3 is 6.09 Å². The first-order valence-corrected chi connectivity index (χ1v) is 16.1. The number of nitrogens with zero attached hydrogens (tertiary/aromatic N) is 1. The van der Waals surface area contributed by atoms with Crippen LogP contribution in [0.25, 0.3) is 0 Å². The Hall–Kier alpha value is -1.29. The molecular weight excluding hydrogens is 456 g/mol. The summed E-state index contributed by atoms with van der Waals surface area (Å²) in [5, 5.41) is 3.11. The van der Waals surface area contributed by atoms with Crippen LogP contribution in [0.3, 0.4) is 0 Å². The molecule has 0 saturated heterocycles. The molecule has 0 bridgehead atoms. The first kappa shape index (κ1) is 35.7. The van der Waals surface area contributed by atoms with Gasteiger partial charge in [-0.1, -0.05) is 122 Å². The van der Waals surface area contributed by atoms with Crippen molar-refractivity contribution in [3.8, 4) is 0 Å². The predicted octanol–water partition coefficient (Wildman–Crippen LogP) is 9.99. The van der Waals surface area contributed by atoms with Crippen LogP contribution in [0.1, 0.15) is 149 Å². The van der Waals surface area contributed by atoms with Crippen molar-refractivity contribution in [2.24, 2.45) is 0 Å². The molecule has 0 atom stereocenters. The Labute approximate surface area is 232 Å². The number of unbranched alkanes of at least 4 members (excludes halogenated alkanes) is 16. The van der Waals surface area contributed by atoms with E-state index in [-0.39, 0.29) is 6.09 Å². The normalized spacial score (nSPS) is 11.6. The molecule has 4 heteroatoms. The Kier molecular flexibility index (Phi) is 29.9. The number of rotatable bonds is 28. The van der Waals surface area contributed by atoms with Gasteiger partial charge in [-0.2, -0.15) is 0 Å². The Balaban J connectivity index is 3.91. The molecule has 0 aromatic heterocycles. The lowest BCUT2D eigenvalue weighted by Crippen LogP contribution is -2.34. The van der Waals surface area contributed by atoms with Gasteiger partial charge in [-0.05, 0) is 65.0 Å². The van der Waals surface area contributed by atoms with Gasteiger partial charge < -0.3 is 15.0 Å². The smallest absolute Gasteiger partial charge is 0.409 e. The fourth-order valence-corrected chi connectivity index (χ4v) is 4.52. The molecule has 0 aromatic rings. The molecule has 0 rings (SSSR count). The molecule has 0 heterocycles. The number of ether oxygens (including phenoxy) is 1. The third kappa shape index (κ3) is 27.6. The van der Waals surface area contributed by atoms with Crippen molar-refractivity contribution in [1.29, 1.82) is 0 Å². The summed E-state index contributed by atoms with van der Waals surface area (Å²) in [6, 6.07) is 0. The molecule has 1 amide bonds. The number of allylic oxidation sites excluding steroid dienone is 4. The fraction of sp³-hybridized carbons (Fsp3) is 0.848. The predicted molar refractivity (Wildman–Crippen MR) is 163 cm³/mol. The number of hydrogen-bond acceptors (Lipinski definition) is 3. The monoisotopic (exact) mass is 520 g/mol. The molecule has 37 heavy (non-hydrogen) atoms. The molecule has 0 aliphatic carbocycles. The molecule has 0 fully saturated rings. The molecule has 0 aromatic carbocycles. The molecule has 4 nitrogen and oxygen atoms in total. The number of nitrogens with one attached hydrogen (secondary N) is 1. The van der Waals surface area contributed by atoms with Crippen LogP contribution < -0.4 is 5.32 Å². The summed E-state index contributed by atoms with van der Waals surface area (Å²) in [7, 11) is 1.93. The maximum atomic E-state index is 12.6. The quantitative estimate of drug-likeness (QED) is 0.0824. The second-order valence-corrected chi connectivity index (χ2v) is 10.6. The molecule has 0 saturated carbocycles. The van der Waals surface area contributed by atoms with Crippen molar-refractivity contribution >= 4 is 6.09 Å². The zero-order valence-electron chi connectivity index (χ0n) is 25.3. The maximum Gasteiger partial charge on any atom is 0.409 e. The van der Waals surface area contributed by atoms with Crippen molar-refractivity contribution in [2.75, 3.05) is 33.3 Å². The number of carbonyl (C=O) groups excluding carboxylic acids is 1. The third-order valence-electron chi connectivity index (χ3n) is 6.97. The first-order chi connectivity index (χ1) is 18.3. The third-order valence-corrected chi connectivity index (χ3v) is 6.97. The number of carbonyl (C=O) groups is 1. The van der Waals surface area contributed by atoms with E-state index in [0.29, 0.717) is 6.61 Å². The van der Waals surface area contributed by atoms with Crippen LogP contribution in [0.2, 0.25) is 0 Å². The summed E-state index contributed by atoms with van der Waals surface area (Å²) in [5.74, 6) is 0. The van der Waals surface area contributed by atoms with Crippen LogP contribution in [0.4, 0.5) is 4.79 Å². The Morgan fingerprint density at radius 3 is 1.62 bits per heavy atom. The van der Waals surface area contributed by atoms with Gasteiger partial charge in [-0.15, -0.1) is 0 Å². The van der Waals surface area contributed by atoms with Crippen LogP contribution in [0.5, 0.6) is 0 Å². The molecule has 0 unspecified atom stereocenters. The Morgan fingerprint density at radius 1 is 0.622 bits per heavy atom. The SMILES string of the molecule is CCCCC/C=C\C/C=C\CCCCCCCCN(CCCCCCCCCC)C(=O)OCCCNC. The van der Waals surface area contributed by atoms with Crippen LogP contribution in [0, 0.1) is 0 Å². The van der Waals surface area contributed by atoms with E-state index >= 15 is 0 Å². The van der Waals surface area contributed by atoms with E-state index in [9.17, 15) is 4.79 Å². The number of hydrogen-bond donors (Lipinski definition) is 1. The van der Waals surface area contributed by atoms with E-state index < -0.39 is 0 Å². The van der Waals surface area contributed by atoms with Gasteiger partial charge in [0.05, 0.1) is 6.61 Å². The molecule has 0 spiro atoms. The highest BCUT2D eigenvalue weighted by molar-refractivity contribution is 5.67. The summed E-state index contributed by atoms with van der Waals surface area (Å²) >= 11 is 0. The van der Waals surface area contributed by atoms with E-state index in [0.717, 1.165) is 45.3 Å². The van der Waals surface area contributed by atoms with Gasteiger partial charge in [-0.25, -0.2) is 4.79 Å². The standard InChI is InChI=1S/C33H64N2O2/c1-4-6-8-10-12-14-15-16-17-18-19-20-21-23-25-27-31-35(33(36)37-32-28-29-34-3)30-26-24-22-13-11-9-7-5-2/h12,14,16-17,34H,4-11,13,15,18-32H2,1-3H3/b14-12-,17-16-. The molecular formula is C33H64N2O2. The van der Waals surface area contributed by atoms with Gasteiger partial charge in [-0.3, -0.25) is 0 Å². The van der Waals surface area contributed by atoms with Gasteiger partial charge in [0, 0.05) is 13.1 Å². The van der Waals surface area contributed by atoms with Crippen molar-refractivity contribution in [1.82, 2.24) is 10.2 Å². The van der Waals surface area contributed by atoms with Gasteiger partial charge in [0.25, 0.3) is 0 Å². The Bertz CT molecular complexity index is 518. The van der Waals surface area contributed by atoms with E-state index in [1.165, 1.54) is 109 Å². The van der Waals surface area contributed by atoms with Crippen LogP contribution in [0.15, 0.2) is 24.3 Å². The molecule has 0 aliphatic rings. The summed E-state index contributed by atoms with van der Waals surface area (Å²) in [6.45, 7) is 7.61. The Morgan fingerprint density at radius 2 is 1.08 bits per heavy atom. The van der Waals surface area contributed by atoms with Crippen LogP contribution in [-0.4, -0.2) is 44.3 Å². The summed E-state index contributed by atoms with van der Waals surface area (Å²) in [4.78, 5) is 14.6. The topological polar surface area (TPSA) is 41.6 Å². The van der Waals surface area contributed by atoms with E-state index in [1.54, 1.807) is 0 Å². The summed E-state index contributed by atoms with van der Waals surface area (Å²) in [5.41, 5.74) is 0. The van der Waals surface area contributed by atoms with Gasteiger partial charge in [0.15, 0.2) is 0 Å². The van der Waals surface area contributed by atoms with Gasteiger partial charge in [0.2, 0.25) is 0 Å². The minimum atomic E-state index is -0.110. The van der Waals surface area contributed by atoms with E-state index in [1.807, 2.05) is 11.9 Å².